The van der Waals surface area contributed by atoms with Crippen molar-refractivity contribution in [1.29, 1.82) is 5.26 Å². The Morgan fingerprint density at radius 1 is 1.47 bits per heavy atom. The summed E-state index contributed by atoms with van der Waals surface area (Å²) < 4.78 is 0. The van der Waals surface area contributed by atoms with Crippen LogP contribution in [-0.2, 0) is 4.79 Å². The van der Waals surface area contributed by atoms with Gasteiger partial charge in [0.25, 0.3) is 5.91 Å². The Hall–Kier alpha value is -1.90. The maximum atomic E-state index is 11.9. The Balaban J connectivity index is 2.07. The molecule has 19 heavy (non-hydrogen) atoms. The van der Waals surface area contributed by atoms with Crippen molar-refractivity contribution in [3.8, 4) is 6.07 Å². The minimum absolute atomic E-state index is 0.156. The van der Waals surface area contributed by atoms with Gasteiger partial charge >= 0.3 is 0 Å². The van der Waals surface area contributed by atoms with Gasteiger partial charge in [-0.05, 0) is 37.6 Å². The third kappa shape index (κ3) is 3.11. The molecule has 0 radical (unpaired) electrons. The quantitative estimate of drug-likeness (QED) is 0.797. The minimum Gasteiger partial charge on any atom is -0.306 e. The second kappa shape index (κ2) is 5.83. The van der Waals surface area contributed by atoms with Gasteiger partial charge in [0.15, 0.2) is 0 Å². The Kier molecular flexibility index (Phi) is 4.15. The van der Waals surface area contributed by atoms with Crippen LogP contribution in [0.4, 0.5) is 0 Å². The number of imide groups is 1. The molecule has 1 aromatic rings. The number of nitrogens with one attached hydrogen (secondary N) is 2. The van der Waals surface area contributed by atoms with E-state index in [1.807, 2.05) is 6.07 Å². The van der Waals surface area contributed by atoms with Crippen molar-refractivity contribution >= 4 is 23.4 Å². The van der Waals surface area contributed by atoms with Gasteiger partial charge in [0.05, 0.1) is 28.3 Å². The van der Waals surface area contributed by atoms with Gasteiger partial charge in [0.1, 0.15) is 0 Å². The molecule has 0 bridgehead atoms. The van der Waals surface area contributed by atoms with Gasteiger partial charge < -0.3 is 5.32 Å². The van der Waals surface area contributed by atoms with Crippen LogP contribution in [0.25, 0.3) is 0 Å². The number of rotatable bonds is 2. The summed E-state index contributed by atoms with van der Waals surface area (Å²) in [6, 6.07) is 5.93. The Morgan fingerprint density at radius 3 is 2.84 bits per heavy atom. The van der Waals surface area contributed by atoms with Crippen LogP contribution in [0.5, 0.6) is 0 Å². The predicted molar refractivity (Wildman–Crippen MR) is 69.7 cm³/mol. The van der Waals surface area contributed by atoms with E-state index in [0.717, 1.165) is 19.4 Å². The maximum absolute atomic E-state index is 11.9. The molecule has 98 valence electrons. The Labute approximate surface area is 115 Å². The number of hydrogen-bond acceptors (Lipinski definition) is 4. The van der Waals surface area contributed by atoms with E-state index in [-0.39, 0.29) is 22.5 Å². The molecule has 6 heteroatoms. The van der Waals surface area contributed by atoms with E-state index in [9.17, 15) is 9.59 Å². The third-order valence-electron chi connectivity index (χ3n) is 2.96. The molecule has 1 atom stereocenters. The van der Waals surface area contributed by atoms with E-state index in [2.05, 4.69) is 10.6 Å². The monoisotopic (exact) mass is 277 g/mol. The highest BCUT2D eigenvalue weighted by Gasteiger charge is 2.24. The molecule has 2 rings (SSSR count). The number of halogens is 1. The summed E-state index contributed by atoms with van der Waals surface area (Å²) in [5.41, 5.74) is 0.553. The van der Waals surface area contributed by atoms with Crippen molar-refractivity contribution < 1.29 is 9.59 Å². The first-order valence-corrected chi connectivity index (χ1v) is 6.28. The number of carbonyl (C=O) groups excluding carboxylic acids is 2. The van der Waals surface area contributed by atoms with Gasteiger partial charge in [-0.3, -0.25) is 14.9 Å². The van der Waals surface area contributed by atoms with E-state index >= 15 is 0 Å². The summed E-state index contributed by atoms with van der Waals surface area (Å²) in [5.74, 6) is -0.892. The molecule has 0 aromatic heterocycles. The van der Waals surface area contributed by atoms with Gasteiger partial charge in [-0.25, -0.2) is 0 Å². The fourth-order valence-corrected chi connectivity index (χ4v) is 2.21. The van der Waals surface area contributed by atoms with Crippen LogP contribution in [0.15, 0.2) is 18.2 Å². The van der Waals surface area contributed by atoms with Crippen LogP contribution >= 0.6 is 11.6 Å². The molecule has 1 aliphatic heterocycles. The molecule has 5 nitrogen and oxygen atoms in total. The molecule has 1 aliphatic rings. The lowest BCUT2D eigenvalue weighted by molar-refractivity contribution is -0.121. The first-order chi connectivity index (χ1) is 9.11. The Morgan fingerprint density at radius 2 is 2.26 bits per heavy atom. The summed E-state index contributed by atoms with van der Waals surface area (Å²) in [7, 11) is 0. The van der Waals surface area contributed by atoms with Gasteiger partial charge in [-0.2, -0.15) is 5.26 Å². The van der Waals surface area contributed by atoms with Gasteiger partial charge in [0, 0.05) is 0 Å². The summed E-state index contributed by atoms with van der Waals surface area (Å²) in [6.07, 6.45) is 1.64. The number of hydrogen-bond donors (Lipinski definition) is 2. The second-order valence-corrected chi connectivity index (χ2v) is 4.68. The topological polar surface area (TPSA) is 82.0 Å². The summed E-state index contributed by atoms with van der Waals surface area (Å²) in [4.78, 5) is 23.7. The van der Waals surface area contributed by atoms with E-state index in [1.54, 1.807) is 0 Å². The summed E-state index contributed by atoms with van der Waals surface area (Å²) >= 11 is 5.91. The number of nitrogens with zero attached hydrogens (tertiary/aromatic N) is 1. The number of carbonyl (C=O) groups is 2. The second-order valence-electron chi connectivity index (χ2n) is 4.27. The lowest BCUT2D eigenvalue weighted by atomic mass is 10.1. The van der Waals surface area contributed by atoms with Crippen molar-refractivity contribution in [2.75, 3.05) is 6.54 Å². The zero-order chi connectivity index (χ0) is 13.8. The number of amides is 2. The predicted octanol–water partition coefficient (Wildman–Crippen LogP) is 1.22. The van der Waals surface area contributed by atoms with Gasteiger partial charge in [0.2, 0.25) is 5.91 Å². The highest BCUT2D eigenvalue weighted by atomic mass is 35.5. The average molecular weight is 278 g/mol. The average Bonchev–Trinajstić information content (AvgIpc) is 2.92. The van der Waals surface area contributed by atoms with Gasteiger partial charge in [-0.1, -0.05) is 11.6 Å². The molecule has 1 heterocycles. The lowest BCUT2D eigenvalue weighted by Gasteiger charge is -2.10. The van der Waals surface area contributed by atoms with E-state index in [4.69, 9.17) is 16.9 Å². The van der Waals surface area contributed by atoms with Crippen molar-refractivity contribution in [2.24, 2.45) is 0 Å². The van der Waals surface area contributed by atoms with Crippen molar-refractivity contribution in [3.63, 3.8) is 0 Å². The molecule has 0 aliphatic carbocycles. The summed E-state index contributed by atoms with van der Waals surface area (Å²) in [5, 5.41) is 14.2. The van der Waals surface area contributed by atoms with Crippen LogP contribution in [0.3, 0.4) is 0 Å². The SMILES string of the molecule is N#Cc1ccc(C(=O)NC(=O)[C@@H]2CCCN2)c(Cl)c1. The Bertz CT molecular complexity index is 559. The molecule has 0 unspecified atom stereocenters. The normalized spacial score (nSPS) is 17.8. The molecule has 1 fully saturated rings. The van der Waals surface area contributed by atoms with Crippen LogP contribution < -0.4 is 10.6 Å². The van der Waals surface area contributed by atoms with E-state index in [0.29, 0.717) is 5.56 Å². The molecule has 2 amide bonds. The van der Waals surface area contributed by atoms with Crippen molar-refractivity contribution in [2.45, 2.75) is 18.9 Å². The van der Waals surface area contributed by atoms with Crippen molar-refractivity contribution in [1.82, 2.24) is 10.6 Å². The molecule has 2 N–H and O–H groups in total. The van der Waals surface area contributed by atoms with Crippen LogP contribution in [0.1, 0.15) is 28.8 Å². The first kappa shape index (κ1) is 13.5. The minimum atomic E-state index is -0.548. The molecule has 1 saturated heterocycles. The zero-order valence-electron chi connectivity index (χ0n) is 10.1. The van der Waals surface area contributed by atoms with Crippen LogP contribution in [0, 0.1) is 11.3 Å². The highest BCUT2D eigenvalue weighted by Crippen LogP contribution is 2.17. The van der Waals surface area contributed by atoms with Crippen LogP contribution in [0.2, 0.25) is 5.02 Å². The summed E-state index contributed by atoms with van der Waals surface area (Å²) in [6.45, 7) is 0.782. The highest BCUT2D eigenvalue weighted by molar-refractivity contribution is 6.34. The fourth-order valence-electron chi connectivity index (χ4n) is 1.94. The first-order valence-electron chi connectivity index (χ1n) is 5.90. The smallest absolute Gasteiger partial charge is 0.259 e. The fraction of sp³-hybridized carbons (Fsp3) is 0.308. The van der Waals surface area contributed by atoms with Crippen LogP contribution in [-0.4, -0.2) is 24.4 Å². The zero-order valence-corrected chi connectivity index (χ0v) is 10.8. The van der Waals surface area contributed by atoms with E-state index < -0.39 is 5.91 Å². The molecule has 1 aromatic carbocycles. The third-order valence-corrected chi connectivity index (χ3v) is 3.27. The molecule has 0 saturated carbocycles. The molecule has 0 spiro atoms. The standard InChI is InChI=1S/C13H12ClN3O2/c14-10-6-8(7-15)3-4-9(10)12(18)17-13(19)11-2-1-5-16-11/h3-4,6,11,16H,1-2,5H2,(H,17,18,19)/t11-/m0/s1. The van der Waals surface area contributed by atoms with E-state index in [1.165, 1.54) is 18.2 Å². The molecular weight excluding hydrogens is 266 g/mol. The maximum Gasteiger partial charge on any atom is 0.259 e. The number of nitriles is 1. The van der Waals surface area contributed by atoms with Crippen molar-refractivity contribution in [3.05, 3.63) is 34.3 Å². The molecular formula is C13H12ClN3O2. The largest absolute Gasteiger partial charge is 0.306 e. The van der Waals surface area contributed by atoms with Gasteiger partial charge in [-0.15, -0.1) is 0 Å². The number of benzene rings is 1. The lowest BCUT2D eigenvalue weighted by Crippen LogP contribution is -2.43.